The first-order chi connectivity index (χ1) is 12.5. The highest BCUT2D eigenvalue weighted by Gasteiger charge is 2.40. The molecule has 2 rings (SSSR count). The number of aryl methyl sites for hydroxylation is 1. The van der Waals surface area contributed by atoms with E-state index in [1.54, 1.807) is 4.90 Å². The van der Waals surface area contributed by atoms with Gasteiger partial charge in [-0.05, 0) is 25.3 Å². The van der Waals surface area contributed by atoms with Gasteiger partial charge in [-0.3, -0.25) is 14.6 Å². The molecular formula is C21H31N3O2. The topological polar surface area (TPSA) is 61.8 Å². The van der Waals surface area contributed by atoms with Gasteiger partial charge >= 0.3 is 0 Å². The van der Waals surface area contributed by atoms with Gasteiger partial charge in [0.1, 0.15) is 11.9 Å². The van der Waals surface area contributed by atoms with Gasteiger partial charge in [-0.1, -0.05) is 57.0 Å². The van der Waals surface area contributed by atoms with Crippen LogP contribution in [0, 0.1) is 12.8 Å². The molecule has 1 aliphatic rings. The second-order valence-electron chi connectivity index (χ2n) is 6.93. The van der Waals surface area contributed by atoms with Crippen molar-refractivity contribution < 1.29 is 9.59 Å². The van der Waals surface area contributed by atoms with E-state index in [0.717, 1.165) is 24.2 Å². The van der Waals surface area contributed by atoms with Crippen molar-refractivity contribution in [1.82, 2.24) is 10.2 Å². The van der Waals surface area contributed by atoms with Crippen molar-refractivity contribution in [2.45, 2.75) is 66.0 Å². The number of amidine groups is 1. The van der Waals surface area contributed by atoms with Crippen molar-refractivity contribution in [2.75, 3.05) is 6.54 Å². The SMILES string of the molecule is CCCC1C(=O)N(CCC)C(CC)=NC1C(=O)NCc1ccc(C)cc1. The Kier molecular flexibility index (Phi) is 7.37. The van der Waals surface area contributed by atoms with Gasteiger partial charge in [0.25, 0.3) is 0 Å². The quantitative estimate of drug-likeness (QED) is 0.774. The molecule has 0 spiro atoms. The second kappa shape index (κ2) is 9.51. The van der Waals surface area contributed by atoms with E-state index in [1.165, 1.54) is 5.56 Å². The molecule has 0 fully saturated rings. The van der Waals surface area contributed by atoms with E-state index < -0.39 is 6.04 Å². The summed E-state index contributed by atoms with van der Waals surface area (Å²) in [5.74, 6) is 0.273. The maximum atomic E-state index is 13.0. The summed E-state index contributed by atoms with van der Waals surface area (Å²) in [5.41, 5.74) is 2.24. The largest absolute Gasteiger partial charge is 0.350 e. The number of amides is 2. The van der Waals surface area contributed by atoms with Crippen molar-refractivity contribution in [1.29, 1.82) is 0 Å². The predicted molar refractivity (Wildman–Crippen MR) is 105 cm³/mol. The standard InChI is InChI=1S/C21H31N3O2/c1-5-8-17-19(23-18(7-3)24(13-6-2)21(17)26)20(25)22-14-16-11-9-15(4)10-12-16/h9-12,17,19H,5-8,13-14H2,1-4H3,(H,22,25). The third-order valence-corrected chi connectivity index (χ3v) is 4.78. The minimum atomic E-state index is -0.615. The van der Waals surface area contributed by atoms with Gasteiger partial charge in [0, 0.05) is 19.5 Å². The maximum Gasteiger partial charge on any atom is 0.245 e. The highest BCUT2D eigenvalue weighted by Crippen LogP contribution is 2.25. The molecule has 0 aliphatic carbocycles. The molecule has 1 heterocycles. The molecule has 26 heavy (non-hydrogen) atoms. The van der Waals surface area contributed by atoms with E-state index in [9.17, 15) is 9.59 Å². The zero-order chi connectivity index (χ0) is 19.1. The van der Waals surface area contributed by atoms with Crippen LogP contribution in [-0.2, 0) is 16.1 Å². The summed E-state index contributed by atoms with van der Waals surface area (Å²) in [6.07, 6.45) is 3.08. The Labute approximate surface area is 156 Å². The third-order valence-electron chi connectivity index (χ3n) is 4.78. The number of carbonyl (C=O) groups excluding carboxylic acids is 2. The molecule has 1 aliphatic heterocycles. The molecule has 1 aromatic carbocycles. The van der Waals surface area contributed by atoms with Gasteiger partial charge in [0.15, 0.2) is 0 Å². The fourth-order valence-corrected chi connectivity index (χ4v) is 3.36. The Morgan fingerprint density at radius 3 is 2.42 bits per heavy atom. The van der Waals surface area contributed by atoms with Crippen LogP contribution in [0.25, 0.3) is 0 Å². The molecule has 0 saturated carbocycles. The van der Waals surface area contributed by atoms with Crippen LogP contribution in [0.3, 0.4) is 0 Å². The summed E-state index contributed by atoms with van der Waals surface area (Å²) in [6, 6.07) is 7.46. The molecule has 0 saturated heterocycles. The Balaban J connectivity index is 2.16. The number of nitrogens with one attached hydrogen (secondary N) is 1. The normalized spacial score (nSPS) is 20.1. The second-order valence-corrected chi connectivity index (χ2v) is 6.93. The van der Waals surface area contributed by atoms with Crippen LogP contribution in [-0.4, -0.2) is 35.1 Å². The number of hydrogen-bond donors (Lipinski definition) is 1. The van der Waals surface area contributed by atoms with Crippen LogP contribution in [0.2, 0.25) is 0 Å². The highest BCUT2D eigenvalue weighted by molar-refractivity contribution is 6.05. The Hall–Kier alpha value is -2.17. The summed E-state index contributed by atoms with van der Waals surface area (Å²) in [6.45, 7) is 9.24. The number of hydrogen-bond acceptors (Lipinski definition) is 3. The molecule has 5 heteroatoms. The van der Waals surface area contributed by atoms with Gasteiger partial charge in [0.2, 0.25) is 11.8 Å². The van der Waals surface area contributed by atoms with E-state index >= 15 is 0 Å². The maximum absolute atomic E-state index is 13.0. The molecule has 2 atom stereocenters. The molecule has 0 aromatic heterocycles. The van der Waals surface area contributed by atoms with E-state index in [2.05, 4.69) is 17.2 Å². The van der Waals surface area contributed by atoms with Crippen LogP contribution in [0.1, 0.15) is 57.6 Å². The lowest BCUT2D eigenvalue weighted by atomic mass is 9.90. The first-order valence-electron chi connectivity index (χ1n) is 9.73. The molecular weight excluding hydrogens is 326 g/mol. The number of benzene rings is 1. The Morgan fingerprint density at radius 2 is 1.85 bits per heavy atom. The van der Waals surface area contributed by atoms with E-state index in [-0.39, 0.29) is 17.7 Å². The molecule has 5 nitrogen and oxygen atoms in total. The molecule has 2 unspecified atom stereocenters. The first-order valence-corrected chi connectivity index (χ1v) is 9.73. The van der Waals surface area contributed by atoms with Gasteiger partial charge < -0.3 is 10.2 Å². The number of rotatable bonds is 8. The summed E-state index contributed by atoms with van der Waals surface area (Å²) in [5, 5.41) is 2.97. The average molecular weight is 357 g/mol. The zero-order valence-electron chi connectivity index (χ0n) is 16.4. The Morgan fingerprint density at radius 1 is 1.15 bits per heavy atom. The van der Waals surface area contributed by atoms with Gasteiger partial charge in [-0.25, -0.2) is 0 Å². The first kappa shape index (κ1) is 20.1. The average Bonchev–Trinajstić information content (AvgIpc) is 2.64. The molecule has 1 N–H and O–H groups in total. The summed E-state index contributed by atoms with van der Waals surface area (Å²) >= 11 is 0. The fraction of sp³-hybridized carbons (Fsp3) is 0.571. The van der Waals surface area contributed by atoms with Crippen molar-refractivity contribution >= 4 is 17.6 Å². The van der Waals surface area contributed by atoms with Crippen LogP contribution >= 0.6 is 0 Å². The van der Waals surface area contributed by atoms with Crippen LogP contribution in [0.5, 0.6) is 0 Å². The lowest BCUT2D eigenvalue weighted by molar-refractivity contribution is -0.137. The van der Waals surface area contributed by atoms with E-state index in [0.29, 0.717) is 25.9 Å². The van der Waals surface area contributed by atoms with Crippen LogP contribution in [0.4, 0.5) is 0 Å². The van der Waals surface area contributed by atoms with E-state index in [4.69, 9.17) is 0 Å². The van der Waals surface area contributed by atoms with Crippen molar-refractivity contribution in [3.63, 3.8) is 0 Å². The van der Waals surface area contributed by atoms with E-state index in [1.807, 2.05) is 45.0 Å². The smallest absolute Gasteiger partial charge is 0.245 e. The van der Waals surface area contributed by atoms with Gasteiger partial charge in [0.05, 0.1) is 5.92 Å². The monoisotopic (exact) mass is 357 g/mol. The van der Waals surface area contributed by atoms with Crippen molar-refractivity contribution in [3.05, 3.63) is 35.4 Å². The molecule has 0 bridgehead atoms. The number of nitrogens with zero attached hydrogens (tertiary/aromatic N) is 2. The molecule has 1 aromatic rings. The molecule has 0 radical (unpaired) electrons. The Bertz CT molecular complexity index is 652. The minimum Gasteiger partial charge on any atom is -0.350 e. The molecule has 142 valence electrons. The highest BCUT2D eigenvalue weighted by atomic mass is 16.2. The summed E-state index contributed by atoms with van der Waals surface area (Å²) in [7, 11) is 0. The number of aliphatic imine (C=N–C) groups is 1. The lowest BCUT2D eigenvalue weighted by Gasteiger charge is -2.35. The van der Waals surface area contributed by atoms with Crippen LogP contribution < -0.4 is 5.32 Å². The molecule has 2 amide bonds. The van der Waals surface area contributed by atoms with Gasteiger partial charge in [-0.15, -0.1) is 0 Å². The summed E-state index contributed by atoms with van der Waals surface area (Å²) in [4.78, 5) is 32.2. The zero-order valence-corrected chi connectivity index (χ0v) is 16.4. The lowest BCUT2D eigenvalue weighted by Crippen LogP contribution is -2.53. The van der Waals surface area contributed by atoms with Gasteiger partial charge in [-0.2, -0.15) is 0 Å². The number of carbonyl (C=O) groups is 2. The fourth-order valence-electron chi connectivity index (χ4n) is 3.36. The van der Waals surface area contributed by atoms with Crippen molar-refractivity contribution in [2.24, 2.45) is 10.9 Å². The third kappa shape index (κ3) is 4.71. The summed E-state index contributed by atoms with van der Waals surface area (Å²) < 4.78 is 0. The minimum absolute atomic E-state index is 0.0519. The van der Waals surface area contributed by atoms with Crippen molar-refractivity contribution in [3.8, 4) is 0 Å². The predicted octanol–water partition coefficient (Wildman–Crippen LogP) is 3.46. The van der Waals surface area contributed by atoms with Crippen LogP contribution in [0.15, 0.2) is 29.3 Å².